The normalized spacial score (nSPS) is 11.8. The number of hydrogen-bond acceptors (Lipinski definition) is 1. The molecule has 1 heterocycles. The molecule has 0 atom stereocenters. The number of hydrogen-bond donors (Lipinski definition) is 0. The Hall–Kier alpha value is -1.20. The van der Waals surface area contributed by atoms with Gasteiger partial charge in [0.2, 0.25) is 0 Å². The van der Waals surface area contributed by atoms with Gasteiger partial charge in [-0.3, -0.25) is 0 Å². The summed E-state index contributed by atoms with van der Waals surface area (Å²) < 4.78 is 38.1. The van der Waals surface area contributed by atoms with Crippen LogP contribution in [0.15, 0.2) is 24.3 Å². The molecule has 0 saturated carbocycles. The monoisotopic (exact) mass is 279 g/mol. The van der Waals surface area contributed by atoms with E-state index in [2.05, 4.69) is 5.10 Å². The van der Waals surface area contributed by atoms with Crippen LogP contribution >= 0.6 is 23.2 Å². The fourth-order valence-corrected chi connectivity index (χ4v) is 1.55. The molecule has 0 amide bonds. The zero-order valence-electron chi connectivity index (χ0n) is 8.09. The van der Waals surface area contributed by atoms with Crippen LogP contribution in [0, 0.1) is 6.07 Å². The van der Waals surface area contributed by atoms with Crippen molar-refractivity contribution in [3.63, 3.8) is 0 Å². The van der Waals surface area contributed by atoms with Gasteiger partial charge in [-0.2, -0.15) is 18.3 Å². The highest BCUT2D eigenvalue weighted by Gasteiger charge is 2.35. The highest BCUT2D eigenvalue weighted by molar-refractivity contribution is 6.30. The maximum absolute atomic E-state index is 12.4. The predicted octanol–water partition coefficient (Wildman–Crippen LogP) is 4.00. The van der Waals surface area contributed by atoms with Crippen LogP contribution in [-0.4, -0.2) is 9.78 Å². The van der Waals surface area contributed by atoms with Crippen molar-refractivity contribution < 1.29 is 13.2 Å². The van der Waals surface area contributed by atoms with Gasteiger partial charge in [0.15, 0.2) is 5.69 Å². The van der Waals surface area contributed by atoms with Gasteiger partial charge in [0, 0.05) is 5.02 Å². The fourth-order valence-electron chi connectivity index (χ4n) is 1.20. The van der Waals surface area contributed by atoms with Gasteiger partial charge >= 0.3 is 6.18 Å². The molecule has 17 heavy (non-hydrogen) atoms. The van der Waals surface area contributed by atoms with Crippen molar-refractivity contribution in [2.24, 2.45) is 0 Å². The second kappa shape index (κ2) is 4.23. The zero-order valence-corrected chi connectivity index (χ0v) is 9.61. The van der Waals surface area contributed by atoms with E-state index in [1.54, 1.807) is 0 Å². The molecule has 2 nitrogen and oxygen atoms in total. The summed E-state index contributed by atoms with van der Waals surface area (Å²) >= 11 is 11.3. The molecule has 7 heteroatoms. The molecular formula is C10H4Cl2F3N2. The van der Waals surface area contributed by atoms with E-state index in [1.807, 2.05) is 6.07 Å². The molecule has 1 aromatic heterocycles. The van der Waals surface area contributed by atoms with E-state index in [9.17, 15) is 13.2 Å². The van der Waals surface area contributed by atoms with Crippen molar-refractivity contribution in [2.45, 2.75) is 6.18 Å². The first kappa shape index (κ1) is 12.3. The van der Waals surface area contributed by atoms with Gasteiger partial charge < -0.3 is 0 Å². The highest BCUT2D eigenvalue weighted by Crippen LogP contribution is 2.30. The Morgan fingerprint density at radius 1 is 1.12 bits per heavy atom. The quantitative estimate of drug-likeness (QED) is 0.772. The molecule has 0 spiro atoms. The van der Waals surface area contributed by atoms with Crippen LogP contribution in [0.1, 0.15) is 5.69 Å². The molecule has 1 aromatic carbocycles. The van der Waals surface area contributed by atoms with Gasteiger partial charge in [0.05, 0.1) is 11.8 Å². The van der Waals surface area contributed by atoms with Crippen molar-refractivity contribution in [1.29, 1.82) is 0 Å². The lowest BCUT2D eigenvalue weighted by Gasteiger charge is -2.03. The summed E-state index contributed by atoms with van der Waals surface area (Å²) in [7, 11) is 0. The van der Waals surface area contributed by atoms with E-state index in [0.29, 0.717) is 10.7 Å². The Morgan fingerprint density at radius 3 is 2.18 bits per heavy atom. The minimum Gasteiger partial charge on any atom is -0.221 e. The highest BCUT2D eigenvalue weighted by atomic mass is 35.5. The molecule has 2 aromatic rings. The van der Waals surface area contributed by atoms with E-state index in [-0.39, 0.29) is 5.15 Å². The number of alkyl halides is 3. The van der Waals surface area contributed by atoms with Crippen LogP contribution in [0.4, 0.5) is 13.2 Å². The summed E-state index contributed by atoms with van der Waals surface area (Å²) in [6, 6.07) is 8.04. The molecule has 2 rings (SSSR count). The molecule has 1 radical (unpaired) electrons. The fraction of sp³-hybridized carbons (Fsp3) is 0.100. The topological polar surface area (TPSA) is 17.8 Å². The number of aromatic nitrogens is 2. The molecule has 0 aliphatic heterocycles. The maximum atomic E-state index is 12.4. The first-order chi connectivity index (χ1) is 7.88. The van der Waals surface area contributed by atoms with Crippen molar-refractivity contribution in [2.75, 3.05) is 0 Å². The van der Waals surface area contributed by atoms with Crippen LogP contribution in [-0.2, 0) is 6.18 Å². The third-order valence-corrected chi connectivity index (χ3v) is 2.45. The largest absolute Gasteiger partial charge is 0.435 e. The van der Waals surface area contributed by atoms with Crippen LogP contribution in [0.2, 0.25) is 10.2 Å². The van der Waals surface area contributed by atoms with E-state index in [1.165, 1.54) is 24.3 Å². The van der Waals surface area contributed by atoms with Crippen molar-refractivity contribution in [3.05, 3.63) is 46.2 Å². The minimum absolute atomic E-state index is 0.236. The Labute approximate surface area is 105 Å². The number of halogens is 5. The Morgan fingerprint density at radius 2 is 1.71 bits per heavy atom. The van der Waals surface area contributed by atoms with Gasteiger partial charge in [-0.25, -0.2) is 4.68 Å². The average molecular weight is 280 g/mol. The standard InChI is InChI=1S/C10H4Cl2F3N2/c11-6-1-3-7(4-2-6)17-9(12)5-8(16-17)10(13,14)15/h1-4H. The average Bonchev–Trinajstić information content (AvgIpc) is 2.61. The molecule has 0 aliphatic carbocycles. The lowest BCUT2D eigenvalue weighted by molar-refractivity contribution is -0.141. The third kappa shape index (κ3) is 2.56. The summed E-state index contributed by atoms with van der Waals surface area (Å²) in [5.74, 6) is 0. The second-order valence-electron chi connectivity index (χ2n) is 3.15. The van der Waals surface area contributed by atoms with Crippen LogP contribution in [0.3, 0.4) is 0 Å². The zero-order chi connectivity index (χ0) is 12.6. The summed E-state index contributed by atoms with van der Waals surface area (Å²) in [5, 5.41) is 3.58. The first-order valence-electron chi connectivity index (χ1n) is 4.39. The van der Waals surface area contributed by atoms with Crippen molar-refractivity contribution in [3.8, 4) is 5.69 Å². The van der Waals surface area contributed by atoms with Gasteiger partial charge in [-0.1, -0.05) is 23.2 Å². The molecule has 0 aliphatic rings. The molecule has 89 valence electrons. The van der Waals surface area contributed by atoms with E-state index in [0.717, 1.165) is 4.68 Å². The van der Waals surface area contributed by atoms with Crippen LogP contribution < -0.4 is 0 Å². The first-order valence-corrected chi connectivity index (χ1v) is 5.14. The molecule has 0 N–H and O–H groups in total. The lowest BCUT2D eigenvalue weighted by atomic mass is 10.3. The number of nitrogens with zero attached hydrogens (tertiary/aromatic N) is 2. The van der Waals surface area contributed by atoms with Gasteiger partial charge in [-0.15, -0.1) is 0 Å². The van der Waals surface area contributed by atoms with E-state index in [4.69, 9.17) is 23.2 Å². The number of benzene rings is 1. The Balaban J connectivity index is 2.46. The predicted molar refractivity (Wildman–Crippen MR) is 57.4 cm³/mol. The lowest BCUT2D eigenvalue weighted by Crippen LogP contribution is -2.07. The van der Waals surface area contributed by atoms with E-state index < -0.39 is 11.9 Å². The molecule has 0 fully saturated rings. The van der Waals surface area contributed by atoms with Gasteiger partial charge in [-0.05, 0) is 24.3 Å². The molecular weight excluding hydrogens is 276 g/mol. The maximum Gasteiger partial charge on any atom is 0.435 e. The van der Waals surface area contributed by atoms with Crippen molar-refractivity contribution in [1.82, 2.24) is 9.78 Å². The summed E-state index contributed by atoms with van der Waals surface area (Å²) in [5.41, 5.74) is -0.774. The minimum atomic E-state index is -4.57. The third-order valence-electron chi connectivity index (χ3n) is 1.95. The number of rotatable bonds is 1. The smallest absolute Gasteiger partial charge is 0.221 e. The molecule has 0 saturated heterocycles. The van der Waals surface area contributed by atoms with Crippen LogP contribution in [0.5, 0.6) is 0 Å². The molecule has 0 unspecified atom stereocenters. The van der Waals surface area contributed by atoms with E-state index >= 15 is 0 Å². The summed E-state index contributed by atoms with van der Waals surface area (Å²) in [4.78, 5) is 0. The Bertz CT molecular complexity index is 531. The van der Waals surface area contributed by atoms with Gasteiger partial charge in [0.25, 0.3) is 0 Å². The second-order valence-corrected chi connectivity index (χ2v) is 3.94. The van der Waals surface area contributed by atoms with Gasteiger partial charge in [0.1, 0.15) is 5.15 Å². The van der Waals surface area contributed by atoms with Crippen LogP contribution in [0.25, 0.3) is 5.69 Å². The molecule has 0 bridgehead atoms. The van der Waals surface area contributed by atoms with Crippen molar-refractivity contribution >= 4 is 23.2 Å². The summed E-state index contributed by atoms with van der Waals surface area (Å²) in [6.07, 6.45) is -4.57. The SMILES string of the molecule is FC(F)(F)c1[c]c(Cl)n(-c2ccc(Cl)cc2)n1. The summed E-state index contributed by atoms with van der Waals surface area (Å²) in [6.45, 7) is 0. The Kier molecular flexibility index (Phi) is 3.05.